The van der Waals surface area contributed by atoms with E-state index in [2.05, 4.69) is 28.4 Å². The van der Waals surface area contributed by atoms with Gasteiger partial charge in [0.2, 0.25) is 5.88 Å². The second kappa shape index (κ2) is 10.5. The molecule has 6 nitrogen and oxygen atoms in total. The van der Waals surface area contributed by atoms with E-state index in [1.807, 2.05) is 49.4 Å². The summed E-state index contributed by atoms with van der Waals surface area (Å²) in [7, 11) is 0. The van der Waals surface area contributed by atoms with Crippen LogP contribution in [0.2, 0.25) is 0 Å². The zero-order valence-corrected chi connectivity index (χ0v) is 21.2. The Morgan fingerprint density at radius 3 is 2.43 bits per heavy atom. The number of benzene rings is 2. The monoisotopic (exact) mass is 490 g/mol. The number of nitrogens with one attached hydrogen (secondary N) is 1. The second-order valence-electron chi connectivity index (χ2n) is 9.24. The van der Waals surface area contributed by atoms with Crippen LogP contribution in [0.25, 0.3) is 21.6 Å². The lowest BCUT2D eigenvalue weighted by Gasteiger charge is -2.18. The minimum Gasteiger partial charge on any atom is -0.489 e. The fraction of sp³-hybridized carbons (Fsp3) is 0.286. The summed E-state index contributed by atoms with van der Waals surface area (Å²) in [5.41, 5.74) is 5.32. The number of pyridine rings is 1. The summed E-state index contributed by atoms with van der Waals surface area (Å²) in [6, 6.07) is 19.5. The molecule has 2 aromatic carbocycles. The Morgan fingerprint density at radius 1 is 1.00 bits per heavy atom. The van der Waals surface area contributed by atoms with Crippen LogP contribution < -0.4 is 15.0 Å². The first-order chi connectivity index (χ1) is 16.7. The van der Waals surface area contributed by atoms with Crippen molar-refractivity contribution < 1.29 is 14.6 Å². The third kappa shape index (κ3) is 6.59. The molecule has 0 aliphatic rings. The van der Waals surface area contributed by atoms with Crippen LogP contribution in [0.3, 0.4) is 0 Å². The molecule has 182 valence electrons. The van der Waals surface area contributed by atoms with Gasteiger partial charge in [0.15, 0.2) is 0 Å². The SMILES string of the molecule is Cc1cc(OCCC(C)(C)O)nc(C)c1-c1cccc(COc2ccc(-c3cc(=O)[nH]s3)cc2)c1. The molecule has 0 amide bonds. The first kappa shape index (κ1) is 24.7. The molecule has 2 heterocycles. The van der Waals surface area contributed by atoms with Gasteiger partial charge in [-0.3, -0.25) is 9.17 Å². The van der Waals surface area contributed by atoms with E-state index < -0.39 is 5.60 Å². The average Bonchev–Trinajstić information content (AvgIpc) is 3.23. The Hall–Kier alpha value is -3.42. The zero-order valence-electron chi connectivity index (χ0n) is 20.4. The number of nitrogens with zero attached hydrogens (tertiary/aromatic N) is 1. The van der Waals surface area contributed by atoms with E-state index in [0.29, 0.717) is 25.5 Å². The molecule has 0 aliphatic carbocycles. The maximum atomic E-state index is 11.4. The minimum absolute atomic E-state index is 0.0845. The number of aromatic nitrogens is 2. The first-order valence-electron chi connectivity index (χ1n) is 11.5. The smallest absolute Gasteiger partial charge is 0.258 e. The summed E-state index contributed by atoms with van der Waals surface area (Å²) in [4.78, 5) is 16.9. The fourth-order valence-electron chi connectivity index (χ4n) is 3.84. The van der Waals surface area contributed by atoms with Crippen LogP contribution in [-0.4, -0.2) is 26.7 Å². The number of aliphatic hydroxyl groups is 1. The highest BCUT2D eigenvalue weighted by Crippen LogP contribution is 2.30. The summed E-state index contributed by atoms with van der Waals surface area (Å²) >= 11 is 1.32. The van der Waals surface area contributed by atoms with Crippen molar-refractivity contribution in [1.82, 2.24) is 9.36 Å². The molecule has 0 atom stereocenters. The topological polar surface area (TPSA) is 84.4 Å². The maximum Gasteiger partial charge on any atom is 0.258 e. The van der Waals surface area contributed by atoms with E-state index in [4.69, 9.17) is 9.47 Å². The Kier molecular flexibility index (Phi) is 7.38. The van der Waals surface area contributed by atoms with Gasteiger partial charge in [0.1, 0.15) is 12.4 Å². The van der Waals surface area contributed by atoms with Crippen molar-refractivity contribution in [2.75, 3.05) is 6.61 Å². The van der Waals surface area contributed by atoms with Crippen LogP contribution in [0.5, 0.6) is 11.6 Å². The third-order valence-corrected chi connectivity index (χ3v) is 6.50. The van der Waals surface area contributed by atoms with Crippen molar-refractivity contribution in [2.24, 2.45) is 0 Å². The molecule has 2 N–H and O–H groups in total. The Labute approximate surface area is 209 Å². The van der Waals surface area contributed by atoms with Gasteiger partial charge in [-0.05, 0) is 80.3 Å². The predicted octanol–water partition coefficient (Wildman–Crippen LogP) is 5.90. The molecule has 0 saturated carbocycles. The van der Waals surface area contributed by atoms with Crippen molar-refractivity contribution in [1.29, 1.82) is 0 Å². The van der Waals surface area contributed by atoms with Gasteiger partial charge in [0.25, 0.3) is 5.56 Å². The molecule has 7 heteroatoms. The van der Waals surface area contributed by atoms with Gasteiger partial charge in [0.05, 0.1) is 17.1 Å². The lowest BCUT2D eigenvalue weighted by Crippen LogP contribution is -2.22. The van der Waals surface area contributed by atoms with Crippen LogP contribution >= 0.6 is 11.5 Å². The van der Waals surface area contributed by atoms with Gasteiger partial charge in [-0.1, -0.05) is 29.7 Å². The van der Waals surface area contributed by atoms with Crippen molar-refractivity contribution in [3.05, 3.63) is 87.8 Å². The highest BCUT2D eigenvalue weighted by molar-refractivity contribution is 7.09. The van der Waals surface area contributed by atoms with Gasteiger partial charge in [0, 0.05) is 29.8 Å². The van der Waals surface area contributed by atoms with Crippen LogP contribution in [0, 0.1) is 13.8 Å². The van der Waals surface area contributed by atoms with Gasteiger partial charge in [-0.25, -0.2) is 4.98 Å². The van der Waals surface area contributed by atoms with Gasteiger partial charge >= 0.3 is 0 Å². The van der Waals surface area contributed by atoms with E-state index in [1.165, 1.54) is 11.5 Å². The lowest BCUT2D eigenvalue weighted by atomic mass is 9.98. The fourth-order valence-corrected chi connectivity index (χ4v) is 4.53. The predicted molar refractivity (Wildman–Crippen MR) is 140 cm³/mol. The molecule has 0 saturated heterocycles. The van der Waals surface area contributed by atoms with Crippen LogP contribution in [0.1, 0.15) is 37.1 Å². The molecule has 0 radical (unpaired) electrons. The zero-order chi connectivity index (χ0) is 25.0. The van der Waals surface area contributed by atoms with Crippen LogP contribution in [-0.2, 0) is 6.61 Å². The molecule has 2 aromatic heterocycles. The summed E-state index contributed by atoms with van der Waals surface area (Å²) in [5, 5.41) is 9.88. The van der Waals surface area contributed by atoms with Gasteiger partial charge in [-0.15, -0.1) is 0 Å². The minimum atomic E-state index is -0.765. The number of hydrogen-bond acceptors (Lipinski definition) is 6. The molecule has 0 unspecified atom stereocenters. The van der Waals surface area contributed by atoms with E-state index in [9.17, 15) is 9.90 Å². The van der Waals surface area contributed by atoms with Crippen molar-refractivity contribution >= 4 is 11.5 Å². The summed E-state index contributed by atoms with van der Waals surface area (Å²) in [5.74, 6) is 1.34. The van der Waals surface area contributed by atoms with Crippen LogP contribution in [0.4, 0.5) is 0 Å². The lowest BCUT2D eigenvalue weighted by molar-refractivity contribution is 0.0547. The summed E-state index contributed by atoms with van der Waals surface area (Å²) < 4.78 is 14.5. The number of rotatable bonds is 9. The number of hydrogen-bond donors (Lipinski definition) is 2. The molecular formula is C28H30N2O4S. The van der Waals surface area contributed by atoms with Crippen molar-refractivity contribution in [3.63, 3.8) is 0 Å². The Balaban J connectivity index is 1.43. The molecule has 0 spiro atoms. The molecule has 0 bridgehead atoms. The second-order valence-corrected chi connectivity index (χ2v) is 10.1. The summed E-state index contributed by atoms with van der Waals surface area (Å²) in [6.45, 7) is 8.42. The van der Waals surface area contributed by atoms with Crippen molar-refractivity contribution in [3.8, 4) is 33.2 Å². The first-order valence-corrected chi connectivity index (χ1v) is 12.3. The van der Waals surface area contributed by atoms with Gasteiger partial charge in [-0.2, -0.15) is 0 Å². The molecule has 35 heavy (non-hydrogen) atoms. The molecular weight excluding hydrogens is 460 g/mol. The normalized spacial score (nSPS) is 11.5. The number of ether oxygens (including phenoxy) is 2. The third-order valence-electron chi connectivity index (χ3n) is 5.62. The number of H-pyrrole nitrogens is 1. The maximum absolute atomic E-state index is 11.4. The van der Waals surface area contributed by atoms with Crippen molar-refractivity contribution in [2.45, 2.75) is 46.3 Å². The molecule has 4 aromatic rings. The van der Waals surface area contributed by atoms with E-state index in [1.54, 1.807) is 19.9 Å². The van der Waals surface area contributed by atoms with E-state index in [0.717, 1.165) is 44.1 Å². The molecule has 4 rings (SSSR count). The summed E-state index contributed by atoms with van der Waals surface area (Å²) in [6.07, 6.45) is 0.535. The van der Waals surface area contributed by atoms with E-state index in [-0.39, 0.29) is 5.56 Å². The highest BCUT2D eigenvalue weighted by Gasteiger charge is 2.14. The Bertz CT molecular complexity index is 1330. The number of aryl methyl sites for hydroxylation is 2. The van der Waals surface area contributed by atoms with E-state index >= 15 is 0 Å². The average molecular weight is 491 g/mol. The van der Waals surface area contributed by atoms with Crippen LogP contribution in [0.15, 0.2) is 65.5 Å². The Morgan fingerprint density at radius 2 is 1.77 bits per heavy atom. The highest BCUT2D eigenvalue weighted by atomic mass is 32.1. The largest absolute Gasteiger partial charge is 0.489 e. The van der Waals surface area contributed by atoms with Gasteiger partial charge < -0.3 is 14.6 Å². The molecule has 0 aliphatic heterocycles. The number of aromatic amines is 1. The standard InChI is InChI=1S/C28H30N2O4S/c1-18-14-26(33-13-12-28(3,4)32)29-19(2)27(18)22-7-5-6-20(15-22)17-34-23-10-8-21(9-11-23)24-16-25(31)30-35-24/h5-11,14-16,32H,12-13,17H2,1-4H3,(H,30,31). The molecule has 0 fully saturated rings. The quantitative estimate of drug-likeness (QED) is 0.305.